The SMILES string of the molecule is C=C1COC(c2cccc(CC)c2Br)c2cc(Cl)ccc2N1. The number of anilines is 1. The number of hydrogen-bond acceptors (Lipinski definition) is 2. The van der Waals surface area contributed by atoms with Crippen molar-refractivity contribution in [1.82, 2.24) is 0 Å². The third-order valence-corrected chi connectivity index (χ3v) is 5.01. The van der Waals surface area contributed by atoms with E-state index in [0.29, 0.717) is 11.6 Å². The van der Waals surface area contributed by atoms with Crippen LogP contribution in [0.5, 0.6) is 0 Å². The standard InChI is InChI=1S/C18H17BrClNO/c1-3-12-5-4-6-14(17(12)19)18-15-9-13(20)7-8-16(15)21-11(2)10-22-18/h4-9,18,21H,2-3,10H2,1H3. The highest BCUT2D eigenvalue weighted by atomic mass is 79.9. The third-order valence-electron chi connectivity index (χ3n) is 3.80. The quantitative estimate of drug-likeness (QED) is 0.722. The molecule has 0 amide bonds. The van der Waals surface area contributed by atoms with E-state index in [0.717, 1.165) is 33.4 Å². The molecule has 1 aliphatic heterocycles. The van der Waals surface area contributed by atoms with Crippen molar-refractivity contribution in [2.45, 2.75) is 19.4 Å². The average molecular weight is 379 g/mol. The van der Waals surface area contributed by atoms with Crippen LogP contribution in [-0.2, 0) is 11.2 Å². The summed E-state index contributed by atoms with van der Waals surface area (Å²) in [5, 5.41) is 4.00. The van der Waals surface area contributed by atoms with Gasteiger partial charge in [0.2, 0.25) is 0 Å². The lowest BCUT2D eigenvalue weighted by Crippen LogP contribution is -2.07. The molecule has 2 aromatic carbocycles. The van der Waals surface area contributed by atoms with Crippen LogP contribution >= 0.6 is 27.5 Å². The van der Waals surface area contributed by atoms with E-state index in [1.807, 2.05) is 18.2 Å². The Bertz CT molecular complexity index is 729. The molecule has 0 radical (unpaired) electrons. The molecule has 1 N–H and O–H groups in total. The number of benzene rings is 2. The molecule has 4 heteroatoms. The molecule has 0 spiro atoms. The minimum absolute atomic E-state index is 0.179. The van der Waals surface area contributed by atoms with Crippen molar-refractivity contribution >= 4 is 33.2 Å². The Morgan fingerprint density at radius 1 is 1.32 bits per heavy atom. The molecule has 0 aromatic heterocycles. The Kier molecular flexibility index (Phi) is 4.57. The predicted octanol–water partition coefficient (Wildman–Crippen LogP) is 5.71. The third kappa shape index (κ3) is 2.94. The lowest BCUT2D eigenvalue weighted by atomic mass is 9.97. The number of aryl methyl sites for hydroxylation is 1. The molecule has 1 unspecified atom stereocenters. The van der Waals surface area contributed by atoms with Crippen LogP contribution in [0.3, 0.4) is 0 Å². The van der Waals surface area contributed by atoms with Crippen LogP contribution in [0.2, 0.25) is 5.02 Å². The molecule has 1 aliphatic rings. The molecule has 2 nitrogen and oxygen atoms in total. The van der Waals surface area contributed by atoms with E-state index < -0.39 is 0 Å². The van der Waals surface area contributed by atoms with Gasteiger partial charge in [0.15, 0.2) is 0 Å². The number of halogens is 2. The molecule has 1 heterocycles. The van der Waals surface area contributed by atoms with Crippen molar-refractivity contribution in [3.05, 3.63) is 74.9 Å². The first-order valence-electron chi connectivity index (χ1n) is 7.23. The average Bonchev–Trinajstić information content (AvgIpc) is 2.66. The number of rotatable bonds is 2. The molecule has 2 aromatic rings. The summed E-state index contributed by atoms with van der Waals surface area (Å²) in [6.45, 7) is 6.60. The monoisotopic (exact) mass is 377 g/mol. The minimum Gasteiger partial charge on any atom is -0.362 e. The normalized spacial score (nSPS) is 17.6. The topological polar surface area (TPSA) is 21.3 Å². The Labute approximate surface area is 144 Å². The van der Waals surface area contributed by atoms with Gasteiger partial charge in [0.1, 0.15) is 6.10 Å². The zero-order chi connectivity index (χ0) is 15.7. The fraction of sp³-hybridized carbons (Fsp3) is 0.222. The molecule has 0 saturated carbocycles. The molecular weight excluding hydrogens is 362 g/mol. The summed E-state index contributed by atoms with van der Waals surface area (Å²) in [4.78, 5) is 0. The van der Waals surface area contributed by atoms with E-state index in [1.54, 1.807) is 0 Å². The number of hydrogen-bond donors (Lipinski definition) is 1. The first-order valence-corrected chi connectivity index (χ1v) is 8.40. The number of fused-ring (bicyclic) bond motifs is 1. The van der Waals surface area contributed by atoms with Crippen molar-refractivity contribution in [3.8, 4) is 0 Å². The summed E-state index contributed by atoms with van der Waals surface area (Å²) in [7, 11) is 0. The van der Waals surface area contributed by atoms with Crippen LogP contribution < -0.4 is 5.32 Å². The second kappa shape index (κ2) is 6.45. The smallest absolute Gasteiger partial charge is 0.111 e. The zero-order valence-electron chi connectivity index (χ0n) is 12.3. The van der Waals surface area contributed by atoms with Crippen LogP contribution in [0.1, 0.15) is 29.7 Å². The maximum Gasteiger partial charge on any atom is 0.111 e. The van der Waals surface area contributed by atoms with Gasteiger partial charge in [-0.3, -0.25) is 0 Å². The maximum absolute atomic E-state index is 6.20. The van der Waals surface area contributed by atoms with Gasteiger partial charge < -0.3 is 10.1 Å². The fourth-order valence-electron chi connectivity index (χ4n) is 2.70. The van der Waals surface area contributed by atoms with Gasteiger partial charge in [-0.1, -0.05) is 59.2 Å². The summed E-state index contributed by atoms with van der Waals surface area (Å²) >= 11 is 9.93. The molecule has 0 aliphatic carbocycles. The molecule has 1 atom stereocenters. The lowest BCUT2D eigenvalue weighted by Gasteiger charge is -2.20. The van der Waals surface area contributed by atoms with Crippen LogP contribution in [0.25, 0.3) is 0 Å². The van der Waals surface area contributed by atoms with Gasteiger partial charge in [0.05, 0.1) is 6.61 Å². The van der Waals surface area contributed by atoms with E-state index in [-0.39, 0.29) is 6.10 Å². The molecule has 3 rings (SSSR count). The van der Waals surface area contributed by atoms with Gasteiger partial charge in [0, 0.05) is 26.4 Å². The second-order valence-corrected chi connectivity index (χ2v) is 6.55. The van der Waals surface area contributed by atoms with Gasteiger partial charge in [0.25, 0.3) is 0 Å². The van der Waals surface area contributed by atoms with Crippen molar-refractivity contribution < 1.29 is 4.74 Å². The van der Waals surface area contributed by atoms with E-state index >= 15 is 0 Å². The van der Waals surface area contributed by atoms with Gasteiger partial charge >= 0.3 is 0 Å². The van der Waals surface area contributed by atoms with Gasteiger partial charge in [-0.05, 0) is 35.7 Å². The summed E-state index contributed by atoms with van der Waals surface area (Å²) in [6, 6.07) is 12.1. The molecule has 0 saturated heterocycles. The Morgan fingerprint density at radius 3 is 2.91 bits per heavy atom. The molecule has 0 fully saturated rings. The molecular formula is C18H17BrClNO. The lowest BCUT2D eigenvalue weighted by molar-refractivity contribution is 0.102. The zero-order valence-corrected chi connectivity index (χ0v) is 14.7. The summed E-state index contributed by atoms with van der Waals surface area (Å²) in [6.07, 6.45) is 0.787. The van der Waals surface area contributed by atoms with Crippen molar-refractivity contribution in [3.63, 3.8) is 0 Å². The highest BCUT2D eigenvalue weighted by Crippen LogP contribution is 2.40. The predicted molar refractivity (Wildman–Crippen MR) is 95.5 cm³/mol. The summed E-state index contributed by atoms with van der Waals surface area (Å²) < 4.78 is 7.21. The first kappa shape index (κ1) is 15.6. The van der Waals surface area contributed by atoms with E-state index in [4.69, 9.17) is 16.3 Å². The van der Waals surface area contributed by atoms with Crippen LogP contribution in [0, 0.1) is 0 Å². The van der Waals surface area contributed by atoms with Crippen LogP contribution in [0.4, 0.5) is 5.69 Å². The van der Waals surface area contributed by atoms with E-state index in [1.165, 1.54) is 5.56 Å². The Hall–Kier alpha value is -1.29. The van der Waals surface area contributed by atoms with Crippen LogP contribution in [-0.4, -0.2) is 6.61 Å². The number of nitrogens with one attached hydrogen (secondary N) is 1. The van der Waals surface area contributed by atoms with Crippen molar-refractivity contribution in [1.29, 1.82) is 0 Å². The Morgan fingerprint density at radius 2 is 2.14 bits per heavy atom. The largest absolute Gasteiger partial charge is 0.362 e. The molecule has 114 valence electrons. The van der Waals surface area contributed by atoms with E-state index in [2.05, 4.69) is 52.9 Å². The minimum atomic E-state index is -0.179. The van der Waals surface area contributed by atoms with Crippen LogP contribution in [0.15, 0.2) is 53.1 Å². The van der Waals surface area contributed by atoms with Gasteiger partial charge in [-0.25, -0.2) is 0 Å². The summed E-state index contributed by atoms with van der Waals surface area (Å²) in [5.41, 5.74) is 5.24. The maximum atomic E-state index is 6.20. The Balaban J connectivity index is 2.15. The van der Waals surface area contributed by atoms with Crippen molar-refractivity contribution in [2.24, 2.45) is 0 Å². The number of ether oxygens (including phenoxy) is 1. The highest BCUT2D eigenvalue weighted by Gasteiger charge is 2.25. The van der Waals surface area contributed by atoms with Crippen molar-refractivity contribution in [2.75, 3.05) is 11.9 Å². The van der Waals surface area contributed by atoms with Gasteiger partial charge in [-0.2, -0.15) is 0 Å². The fourth-order valence-corrected chi connectivity index (χ4v) is 3.63. The molecule has 0 bridgehead atoms. The highest BCUT2D eigenvalue weighted by molar-refractivity contribution is 9.10. The first-order chi connectivity index (χ1) is 10.6. The summed E-state index contributed by atoms with van der Waals surface area (Å²) in [5.74, 6) is 0. The van der Waals surface area contributed by atoms with E-state index in [9.17, 15) is 0 Å². The van der Waals surface area contributed by atoms with Gasteiger partial charge in [-0.15, -0.1) is 0 Å². The molecule has 22 heavy (non-hydrogen) atoms. The second-order valence-electron chi connectivity index (χ2n) is 5.33.